The molecule has 2 aliphatic carbocycles. The van der Waals surface area contributed by atoms with Gasteiger partial charge in [-0.15, -0.1) is 0 Å². The van der Waals surface area contributed by atoms with E-state index in [1.165, 1.54) is 17.0 Å². The quantitative estimate of drug-likeness (QED) is 0.233. The van der Waals surface area contributed by atoms with E-state index in [1.54, 1.807) is 54.2 Å². The lowest BCUT2D eigenvalue weighted by atomic mass is 9.58. The van der Waals surface area contributed by atoms with E-state index in [0.29, 0.717) is 41.0 Å². The van der Waals surface area contributed by atoms with Crippen LogP contribution in [0.3, 0.4) is 0 Å². The predicted octanol–water partition coefficient (Wildman–Crippen LogP) is 5.43. The molecule has 0 unspecified atom stereocenters. The maximum Gasteiger partial charge on any atom is 0.416 e. The molecule has 2 atom stereocenters. The van der Waals surface area contributed by atoms with E-state index in [4.69, 9.17) is 0 Å². The van der Waals surface area contributed by atoms with Crippen molar-refractivity contribution in [1.82, 2.24) is 24.5 Å². The first-order chi connectivity index (χ1) is 20.0. The lowest BCUT2D eigenvalue weighted by Gasteiger charge is -2.44. The molecule has 1 saturated carbocycles. The number of allylic oxidation sites excluding steroid dienone is 1. The third-order valence-electron chi connectivity index (χ3n) is 8.25. The highest BCUT2D eigenvalue weighted by Gasteiger charge is 2.51. The van der Waals surface area contributed by atoms with Crippen LogP contribution in [-0.2, 0) is 24.4 Å². The number of ketones is 1. The number of amides is 1. The van der Waals surface area contributed by atoms with E-state index in [-0.39, 0.29) is 24.4 Å². The molecule has 12 heteroatoms. The summed E-state index contributed by atoms with van der Waals surface area (Å²) in [5, 5.41) is 8.61. The molecule has 2 aliphatic rings. The van der Waals surface area contributed by atoms with Crippen LogP contribution in [0.15, 0.2) is 66.8 Å². The SMILES string of the molecule is CN(C(=O)[C@H]1CCC2=Cc3c(cnn3-c3ccc(F)cc3)C[C@]2(C(=O)c2cc(C(F)(F)F)ccn2)C1)c1cnn(C)c1. The fraction of sp³-hybridized carbons (Fsp3) is 0.300. The van der Waals surface area contributed by atoms with E-state index in [1.807, 2.05) is 6.08 Å². The molecule has 1 amide bonds. The van der Waals surface area contributed by atoms with Crippen molar-refractivity contribution in [3.05, 3.63) is 95.1 Å². The van der Waals surface area contributed by atoms with Gasteiger partial charge in [0.25, 0.3) is 0 Å². The number of anilines is 1. The number of pyridine rings is 1. The number of aromatic nitrogens is 5. The smallest absolute Gasteiger partial charge is 0.312 e. The van der Waals surface area contributed by atoms with E-state index in [0.717, 1.165) is 18.3 Å². The van der Waals surface area contributed by atoms with Crippen LogP contribution in [0.5, 0.6) is 0 Å². The first-order valence-electron chi connectivity index (χ1n) is 13.3. The molecule has 4 aromatic rings. The molecule has 0 bridgehead atoms. The van der Waals surface area contributed by atoms with Crippen molar-refractivity contribution in [3.63, 3.8) is 0 Å². The van der Waals surface area contributed by atoms with Gasteiger partial charge in [0.1, 0.15) is 11.5 Å². The minimum atomic E-state index is -4.65. The summed E-state index contributed by atoms with van der Waals surface area (Å²) < 4.78 is 57.5. The van der Waals surface area contributed by atoms with Crippen molar-refractivity contribution in [3.8, 4) is 5.69 Å². The predicted molar refractivity (Wildman–Crippen MR) is 145 cm³/mol. The molecule has 8 nitrogen and oxygen atoms in total. The molecular formula is C30H26F4N6O2. The largest absolute Gasteiger partial charge is 0.416 e. The molecule has 0 N–H and O–H groups in total. The molecule has 0 radical (unpaired) electrons. The Balaban J connectivity index is 1.42. The zero-order valence-electron chi connectivity index (χ0n) is 22.8. The minimum absolute atomic E-state index is 0.0974. The fourth-order valence-electron chi connectivity index (χ4n) is 6.07. The van der Waals surface area contributed by atoms with Crippen molar-refractivity contribution in [2.75, 3.05) is 11.9 Å². The molecule has 216 valence electrons. The molecule has 0 spiro atoms. The Morgan fingerprint density at radius 1 is 1.10 bits per heavy atom. The Labute approximate surface area is 238 Å². The molecular weight excluding hydrogens is 552 g/mol. The lowest BCUT2D eigenvalue weighted by Crippen LogP contribution is -2.46. The Kier molecular flexibility index (Phi) is 6.58. The monoisotopic (exact) mass is 578 g/mol. The summed E-state index contributed by atoms with van der Waals surface area (Å²) in [5.41, 5.74) is 0.740. The molecule has 0 saturated heterocycles. The first kappa shape index (κ1) is 27.6. The van der Waals surface area contributed by atoms with Gasteiger partial charge in [0.15, 0.2) is 5.78 Å². The highest BCUT2D eigenvalue weighted by molar-refractivity contribution is 6.04. The van der Waals surface area contributed by atoms with Gasteiger partial charge in [-0.3, -0.25) is 19.3 Å². The number of fused-ring (bicyclic) bond motifs is 2. The summed E-state index contributed by atoms with van der Waals surface area (Å²) >= 11 is 0. The summed E-state index contributed by atoms with van der Waals surface area (Å²) in [5.74, 6) is -1.74. The van der Waals surface area contributed by atoms with E-state index < -0.39 is 34.7 Å². The summed E-state index contributed by atoms with van der Waals surface area (Å²) in [6, 6.07) is 7.42. The van der Waals surface area contributed by atoms with Crippen LogP contribution >= 0.6 is 0 Å². The van der Waals surface area contributed by atoms with Gasteiger partial charge in [-0.1, -0.05) is 5.57 Å². The second-order valence-corrected chi connectivity index (χ2v) is 10.8. The van der Waals surface area contributed by atoms with Gasteiger partial charge in [0, 0.05) is 32.4 Å². The number of hydrogen-bond acceptors (Lipinski definition) is 5. The number of Topliss-reactive ketones (excluding diaryl/α,β-unsaturated/α-hetero) is 1. The van der Waals surface area contributed by atoms with Gasteiger partial charge in [0.2, 0.25) is 5.91 Å². The zero-order valence-corrected chi connectivity index (χ0v) is 22.8. The highest BCUT2D eigenvalue weighted by Crippen LogP contribution is 2.52. The van der Waals surface area contributed by atoms with Crippen LogP contribution in [-0.4, -0.2) is 43.3 Å². The summed E-state index contributed by atoms with van der Waals surface area (Å²) in [7, 11) is 3.38. The van der Waals surface area contributed by atoms with E-state index in [2.05, 4.69) is 15.2 Å². The molecule has 3 aromatic heterocycles. The molecule has 0 aliphatic heterocycles. The van der Waals surface area contributed by atoms with Crippen molar-refractivity contribution in [1.29, 1.82) is 0 Å². The molecule has 6 rings (SSSR count). The average Bonchev–Trinajstić information content (AvgIpc) is 3.60. The molecule has 42 heavy (non-hydrogen) atoms. The topological polar surface area (TPSA) is 85.9 Å². The lowest BCUT2D eigenvalue weighted by molar-refractivity contribution is -0.137. The Hall–Kier alpha value is -4.61. The van der Waals surface area contributed by atoms with Gasteiger partial charge in [0.05, 0.1) is 40.4 Å². The maximum atomic E-state index is 14.3. The standard InChI is InChI=1S/C30H26F4N6O2/c1-38-17-24(16-36-38)39(2)28(42)18-3-4-20-12-26-19(15-37-40(26)23-7-5-22(31)6-8-23)14-29(20,13-18)27(41)25-11-21(9-10-35-25)30(32,33)34/h5-12,15-18H,3-4,13-14H2,1-2H3/t18-,29+/m0/s1. The Morgan fingerprint density at radius 3 is 2.55 bits per heavy atom. The van der Waals surface area contributed by atoms with Gasteiger partial charge in [-0.05, 0) is 73.7 Å². The van der Waals surface area contributed by atoms with Crippen LogP contribution in [0, 0.1) is 17.2 Å². The Morgan fingerprint density at radius 2 is 1.86 bits per heavy atom. The third-order valence-corrected chi connectivity index (χ3v) is 8.25. The van der Waals surface area contributed by atoms with Gasteiger partial charge >= 0.3 is 6.18 Å². The average molecular weight is 579 g/mol. The van der Waals surface area contributed by atoms with Crippen molar-refractivity contribution >= 4 is 23.5 Å². The number of aryl methyl sites for hydroxylation is 1. The number of nitrogens with zero attached hydrogens (tertiary/aromatic N) is 6. The fourth-order valence-corrected chi connectivity index (χ4v) is 6.07. The van der Waals surface area contributed by atoms with Gasteiger partial charge in [-0.25, -0.2) is 9.07 Å². The van der Waals surface area contributed by atoms with Crippen molar-refractivity contribution in [2.45, 2.75) is 31.9 Å². The maximum absolute atomic E-state index is 14.3. The van der Waals surface area contributed by atoms with Crippen LogP contribution < -0.4 is 4.90 Å². The van der Waals surface area contributed by atoms with Crippen LogP contribution in [0.2, 0.25) is 0 Å². The van der Waals surface area contributed by atoms with E-state index in [9.17, 15) is 27.2 Å². The summed E-state index contributed by atoms with van der Waals surface area (Å²) in [4.78, 5) is 33.5. The number of hydrogen-bond donors (Lipinski definition) is 0. The van der Waals surface area contributed by atoms with Crippen LogP contribution in [0.25, 0.3) is 11.8 Å². The summed E-state index contributed by atoms with van der Waals surface area (Å²) in [6.07, 6.45) is 4.09. The number of carbonyl (C=O) groups is 2. The highest BCUT2D eigenvalue weighted by atomic mass is 19.4. The first-order valence-corrected chi connectivity index (χ1v) is 13.3. The molecule has 1 fully saturated rings. The Bertz CT molecular complexity index is 1720. The molecule has 3 heterocycles. The van der Waals surface area contributed by atoms with Gasteiger partial charge in [-0.2, -0.15) is 23.4 Å². The van der Waals surface area contributed by atoms with Gasteiger partial charge < -0.3 is 4.90 Å². The minimum Gasteiger partial charge on any atom is -0.312 e. The van der Waals surface area contributed by atoms with Crippen LogP contribution in [0.4, 0.5) is 23.2 Å². The van der Waals surface area contributed by atoms with E-state index >= 15 is 0 Å². The van der Waals surface area contributed by atoms with Crippen LogP contribution in [0.1, 0.15) is 46.6 Å². The third kappa shape index (κ3) is 4.70. The van der Waals surface area contributed by atoms with Crippen molar-refractivity contribution < 1.29 is 27.2 Å². The normalized spacial score (nSPS) is 20.0. The number of rotatable bonds is 5. The van der Waals surface area contributed by atoms with Crippen molar-refractivity contribution in [2.24, 2.45) is 18.4 Å². The second kappa shape index (κ2) is 10.0. The molecule has 1 aromatic carbocycles. The number of benzene rings is 1. The number of alkyl halides is 3. The number of carbonyl (C=O) groups excluding carboxylic acids is 2. The zero-order chi connectivity index (χ0) is 29.8. The second-order valence-electron chi connectivity index (χ2n) is 10.8. The number of halogens is 4. The summed E-state index contributed by atoms with van der Waals surface area (Å²) in [6.45, 7) is 0.